The van der Waals surface area contributed by atoms with Crippen molar-refractivity contribution < 1.29 is 13.9 Å². The molecule has 1 aromatic heterocycles. The fourth-order valence-corrected chi connectivity index (χ4v) is 2.49. The summed E-state index contributed by atoms with van der Waals surface area (Å²) in [7, 11) is 0. The molecule has 0 aliphatic carbocycles. The number of aromatic nitrogens is 2. The molecule has 3 nitrogen and oxygen atoms in total. The zero-order chi connectivity index (χ0) is 15.0. The second kappa shape index (κ2) is 5.42. The Morgan fingerprint density at radius 1 is 1.19 bits per heavy atom. The zero-order valence-corrected chi connectivity index (χ0v) is 11.6. The zero-order valence-electron chi connectivity index (χ0n) is 10.8. The maximum Gasteiger partial charge on any atom is 0.161 e. The number of imidazole rings is 1. The van der Waals surface area contributed by atoms with Crippen LogP contribution in [0.15, 0.2) is 42.7 Å². The van der Waals surface area contributed by atoms with Gasteiger partial charge in [0.25, 0.3) is 0 Å². The molecule has 0 aliphatic heterocycles. The van der Waals surface area contributed by atoms with E-state index in [0.717, 1.165) is 12.1 Å². The molecule has 2 aromatic carbocycles. The van der Waals surface area contributed by atoms with Crippen molar-refractivity contribution in [1.82, 2.24) is 9.55 Å². The van der Waals surface area contributed by atoms with Crippen molar-refractivity contribution in [2.24, 2.45) is 0 Å². The molecule has 0 spiro atoms. The maximum atomic E-state index is 13.3. The lowest BCUT2D eigenvalue weighted by Gasteiger charge is -2.14. The van der Waals surface area contributed by atoms with E-state index < -0.39 is 17.7 Å². The van der Waals surface area contributed by atoms with Gasteiger partial charge in [-0.15, -0.1) is 0 Å². The second-order valence-electron chi connectivity index (χ2n) is 4.69. The molecule has 3 aromatic rings. The van der Waals surface area contributed by atoms with Crippen molar-refractivity contribution in [3.63, 3.8) is 0 Å². The Balaban J connectivity index is 1.95. The van der Waals surface area contributed by atoms with Gasteiger partial charge in [0, 0.05) is 22.7 Å². The van der Waals surface area contributed by atoms with Gasteiger partial charge in [-0.3, -0.25) is 0 Å². The third-order valence-electron chi connectivity index (χ3n) is 3.30. The highest BCUT2D eigenvalue weighted by molar-refractivity contribution is 6.31. The molecular formula is C15H11ClF2N2O. The van der Waals surface area contributed by atoms with E-state index >= 15 is 0 Å². The van der Waals surface area contributed by atoms with Gasteiger partial charge in [-0.25, -0.2) is 13.8 Å². The molecular weight excluding hydrogens is 298 g/mol. The average molecular weight is 309 g/mol. The smallest absolute Gasteiger partial charge is 0.161 e. The first-order valence-electron chi connectivity index (χ1n) is 6.28. The molecule has 0 bridgehead atoms. The van der Waals surface area contributed by atoms with Gasteiger partial charge in [0.15, 0.2) is 11.6 Å². The van der Waals surface area contributed by atoms with Gasteiger partial charge >= 0.3 is 0 Å². The Morgan fingerprint density at radius 2 is 1.90 bits per heavy atom. The molecule has 0 radical (unpaired) electrons. The molecule has 1 heterocycles. The van der Waals surface area contributed by atoms with Gasteiger partial charge in [-0.05, 0) is 6.07 Å². The standard InChI is InChI=1S/C15H11ClF2N2O/c16-10-4-2-1-3-9(10)15(21)7-20-8-19-13-5-11(17)12(18)6-14(13)20/h1-6,8,15,21H,7H2. The van der Waals surface area contributed by atoms with E-state index in [2.05, 4.69) is 4.98 Å². The summed E-state index contributed by atoms with van der Waals surface area (Å²) >= 11 is 6.03. The van der Waals surface area contributed by atoms with Crippen molar-refractivity contribution in [1.29, 1.82) is 0 Å². The summed E-state index contributed by atoms with van der Waals surface area (Å²) in [6.45, 7) is 0.144. The number of benzene rings is 2. The SMILES string of the molecule is OC(Cn1cnc2cc(F)c(F)cc21)c1ccccc1Cl. The minimum Gasteiger partial charge on any atom is -0.386 e. The van der Waals surface area contributed by atoms with Gasteiger partial charge in [-0.2, -0.15) is 0 Å². The van der Waals surface area contributed by atoms with Crippen LogP contribution < -0.4 is 0 Å². The predicted octanol–water partition coefficient (Wildman–Crippen LogP) is 3.70. The monoisotopic (exact) mass is 308 g/mol. The molecule has 0 saturated heterocycles. The molecule has 0 saturated carbocycles. The number of fused-ring (bicyclic) bond motifs is 1. The minimum absolute atomic E-state index is 0.144. The van der Waals surface area contributed by atoms with Crippen LogP contribution in [-0.2, 0) is 6.54 Å². The normalized spacial score (nSPS) is 12.8. The summed E-state index contributed by atoms with van der Waals surface area (Å²) in [6, 6.07) is 9.03. The number of nitrogens with zero attached hydrogens (tertiary/aromatic N) is 2. The van der Waals surface area contributed by atoms with Crippen LogP contribution >= 0.6 is 11.6 Å². The van der Waals surface area contributed by atoms with Gasteiger partial charge in [0.1, 0.15) is 0 Å². The van der Waals surface area contributed by atoms with Crippen LogP contribution in [0.5, 0.6) is 0 Å². The van der Waals surface area contributed by atoms with E-state index in [0.29, 0.717) is 21.6 Å². The van der Waals surface area contributed by atoms with Crippen molar-refractivity contribution in [2.75, 3.05) is 0 Å². The number of halogens is 3. The molecule has 0 fully saturated rings. The van der Waals surface area contributed by atoms with Crippen LogP contribution in [0.4, 0.5) is 8.78 Å². The van der Waals surface area contributed by atoms with Crippen LogP contribution in [-0.4, -0.2) is 14.7 Å². The summed E-state index contributed by atoms with van der Waals surface area (Å²) in [5, 5.41) is 10.7. The average Bonchev–Trinajstić information content (AvgIpc) is 2.82. The number of hydrogen-bond acceptors (Lipinski definition) is 2. The van der Waals surface area contributed by atoms with Crippen molar-refractivity contribution in [3.8, 4) is 0 Å². The topological polar surface area (TPSA) is 38.0 Å². The molecule has 1 N–H and O–H groups in total. The highest BCUT2D eigenvalue weighted by Gasteiger charge is 2.15. The quantitative estimate of drug-likeness (QED) is 0.801. The van der Waals surface area contributed by atoms with Crippen LogP contribution in [0.3, 0.4) is 0 Å². The summed E-state index contributed by atoms with van der Waals surface area (Å²) < 4.78 is 28.0. The highest BCUT2D eigenvalue weighted by Crippen LogP contribution is 2.25. The van der Waals surface area contributed by atoms with Crippen molar-refractivity contribution in [2.45, 2.75) is 12.6 Å². The minimum atomic E-state index is -0.948. The van der Waals surface area contributed by atoms with E-state index in [-0.39, 0.29) is 6.54 Å². The van der Waals surface area contributed by atoms with Crippen LogP contribution in [0.25, 0.3) is 11.0 Å². The Hall–Kier alpha value is -1.98. The number of rotatable bonds is 3. The summed E-state index contributed by atoms with van der Waals surface area (Å²) in [4.78, 5) is 4.00. The molecule has 21 heavy (non-hydrogen) atoms. The Bertz CT molecular complexity index is 803. The van der Waals surface area contributed by atoms with E-state index in [1.807, 2.05) is 0 Å². The second-order valence-corrected chi connectivity index (χ2v) is 5.10. The predicted molar refractivity (Wildman–Crippen MR) is 76.1 cm³/mol. The van der Waals surface area contributed by atoms with E-state index in [9.17, 15) is 13.9 Å². The largest absolute Gasteiger partial charge is 0.386 e. The first-order chi connectivity index (χ1) is 10.1. The molecule has 6 heteroatoms. The molecule has 0 amide bonds. The molecule has 1 atom stereocenters. The Labute approximate surface area is 124 Å². The van der Waals surface area contributed by atoms with Gasteiger partial charge < -0.3 is 9.67 Å². The van der Waals surface area contributed by atoms with Crippen LogP contribution in [0.1, 0.15) is 11.7 Å². The first kappa shape index (κ1) is 14.0. The molecule has 0 aliphatic rings. The molecule has 108 valence electrons. The lowest BCUT2D eigenvalue weighted by Crippen LogP contribution is -2.08. The van der Waals surface area contributed by atoms with Crippen molar-refractivity contribution in [3.05, 3.63) is 64.9 Å². The van der Waals surface area contributed by atoms with Crippen LogP contribution in [0, 0.1) is 11.6 Å². The van der Waals surface area contributed by atoms with E-state index in [1.165, 1.54) is 6.33 Å². The molecule has 1 unspecified atom stereocenters. The maximum absolute atomic E-state index is 13.3. The Kier molecular flexibility index (Phi) is 3.61. The number of aliphatic hydroxyl groups excluding tert-OH is 1. The lowest BCUT2D eigenvalue weighted by atomic mass is 10.1. The third-order valence-corrected chi connectivity index (χ3v) is 3.64. The van der Waals surface area contributed by atoms with Gasteiger partial charge in [-0.1, -0.05) is 29.8 Å². The fourth-order valence-electron chi connectivity index (χ4n) is 2.23. The fraction of sp³-hybridized carbons (Fsp3) is 0.133. The van der Waals surface area contributed by atoms with E-state index in [1.54, 1.807) is 28.8 Å². The molecule has 3 rings (SSSR count). The highest BCUT2D eigenvalue weighted by atomic mass is 35.5. The lowest BCUT2D eigenvalue weighted by molar-refractivity contribution is 0.158. The van der Waals surface area contributed by atoms with Gasteiger partial charge in [0.05, 0.1) is 30.0 Å². The Morgan fingerprint density at radius 3 is 2.67 bits per heavy atom. The summed E-state index contributed by atoms with van der Waals surface area (Å²) in [5.41, 5.74) is 1.32. The number of aliphatic hydroxyl groups is 1. The van der Waals surface area contributed by atoms with Crippen molar-refractivity contribution >= 4 is 22.6 Å². The third kappa shape index (κ3) is 2.62. The number of hydrogen-bond donors (Lipinski definition) is 1. The van der Waals surface area contributed by atoms with Gasteiger partial charge in [0.2, 0.25) is 0 Å². The summed E-state index contributed by atoms with van der Waals surface area (Å²) in [5.74, 6) is -1.89. The van der Waals surface area contributed by atoms with Crippen LogP contribution in [0.2, 0.25) is 5.02 Å². The van der Waals surface area contributed by atoms with E-state index in [4.69, 9.17) is 11.6 Å². The summed E-state index contributed by atoms with van der Waals surface area (Å²) in [6.07, 6.45) is 0.563. The first-order valence-corrected chi connectivity index (χ1v) is 6.66.